The molecule has 1 N–H and O–H groups in total. The Morgan fingerprint density at radius 1 is 1.28 bits per heavy atom. The number of carbonyl (C=O) groups is 2. The van der Waals surface area contributed by atoms with Gasteiger partial charge in [-0.1, -0.05) is 12.1 Å². The van der Waals surface area contributed by atoms with Gasteiger partial charge in [-0.3, -0.25) is 4.79 Å². The fraction of sp³-hybridized carbons (Fsp3) is 0.385. The van der Waals surface area contributed by atoms with E-state index in [1.54, 1.807) is 31.2 Å². The summed E-state index contributed by atoms with van der Waals surface area (Å²) in [5.41, 5.74) is 0.912. The summed E-state index contributed by atoms with van der Waals surface area (Å²) in [5.74, 6) is -0.716. The van der Waals surface area contributed by atoms with Crippen LogP contribution in [0.4, 0.5) is 0 Å². The first-order valence-corrected chi connectivity index (χ1v) is 5.58. The fourth-order valence-electron chi connectivity index (χ4n) is 1.40. The molecule has 0 amide bonds. The number of hydrogen-bond acceptors (Lipinski definition) is 4. The predicted molar refractivity (Wildman–Crippen MR) is 64.5 cm³/mol. The number of aryl methyl sites for hydroxylation is 1. The Morgan fingerprint density at radius 2 is 1.89 bits per heavy atom. The van der Waals surface area contributed by atoms with E-state index in [-0.39, 0.29) is 6.42 Å². The summed E-state index contributed by atoms with van der Waals surface area (Å²) < 4.78 is 9.90. The van der Waals surface area contributed by atoms with Gasteiger partial charge < -0.3 is 14.6 Å². The van der Waals surface area contributed by atoms with Crippen molar-refractivity contribution in [3.05, 3.63) is 29.8 Å². The summed E-state index contributed by atoms with van der Waals surface area (Å²) in [6.07, 6.45) is -0.0964. The Labute approximate surface area is 105 Å². The van der Waals surface area contributed by atoms with E-state index in [0.717, 1.165) is 5.56 Å². The highest BCUT2D eigenvalue weighted by Crippen LogP contribution is 2.15. The van der Waals surface area contributed by atoms with Crippen LogP contribution < -0.4 is 4.74 Å². The van der Waals surface area contributed by atoms with Crippen molar-refractivity contribution in [1.82, 2.24) is 0 Å². The van der Waals surface area contributed by atoms with E-state index in [9.17, 15) is 9.59 Å². The third kappa shape index (κ3) is 4.45. The molecule has 0 radical (unpaired) electrons. The molecule has 0 aromatic heterocycles. The van der Waals surface area contributed by atoms with Crippen molar-refractivity contribution in [3.63, 3.8) is 0 Å². The minimum atomic E-state index is -0.824. The van der Waals surface area contributed by atoms with Gasteiger partial charge in [0.05, 0.1) is 7.11 Å². The van der Waals surface area contributed by atoms with Gasteiger partial charge >= 0.3 is 11.9 Å². The molecule has 1 atom stereocenters. The number of carbonyl (C=O) groups excluding carboxylic acids is 1. The SMILES string of the molecule is COC(=O)C(C)Oc1ccc(CCC(=O)O)cc1. The number of hydrogen-bond donors (Lipinski definition) is 1. The summed E-state index contributed by atoms with van der Waals surface area (Å²) in [6, 6.07) is 6.97. The molecule has 0 aliphatic heterocycles. The lowest BCUT2D eigenvalue weighted by molar-refractivity contribution is -0.148. The number of carboxylic acids is 1. The van der Waals surface area contributed by atoms with E-state index in [0.29, 0.717) is 12.2 Å². The molecular weight excluding hydrogens is 236 g/mol. The van der Waals surface area contributed by atoms with Crippen molar-refractivity contribution in [3.8, 4) is 5.75 Å². The standard InChI is InChI=1S/C13H16O5/c1-9(13(16)17-2)18-11-6-3-10(4-7-11)5-8-12(14)15/h3-4,6-7,9H,5,8H2,1-2H3,(H,14,15). The second-order valence-corrected chi connectivity index (χ2v) is 3.82. The van der Waals surface area contributed by atoms with Crippen LogP contribution in [0.15, 0.2) is 24.3 Å². The van der Waals surface area contributed by atoms with Crippen LogP contribution in [0.1, 0.15) is 18.9 Å². The molecule has 5 heteroatoms. The van der Waals surface area contributed by atoms with Gasteiger partial charge in [-0.2, -0.15) is 0 Å². The quantitative estimate of drug-likeness (QED) is 0.779. The number of carboxylic acid groups (broad SMARTS) is 1. The molecule has 1 aromatic rings. The van der Waals surface area contributed by atoms with E-state index >= 15 is 0 Å². The Balaban J connectivity index is 2.54. The smallest absolute Gasteiger partial charge is 0.346 e. The maximum atomic E-state index is 11.1. The summed E-state index contributed by atoms with van der Waals surface area (Å²) in [5, 5.41) is 8.56. The van der Waals surface area contributed by atoms with Gasteiger partial charge in [0.15, 0.2) is 6.10 Å². The number of rotatable bonds is 6. The largest absolute Gasteiger partial charge is 0.481 e. The minimum Gasteiger partial charge on any atom is -0.481 e. The summed E-state index contributed by atoms with van der Waals surface area (Å²) >= 11 is 0. The third-order valence-electron chi connectivity index (χ3n) is 2.40. The zero-order chi connectivity index (χ0) is 13.5. The van der Waals surface area contributed by atoms with Gasteiger partial charge in [0.25, 0.3) is 0 Å². The first-order chi connectivity index (χ1) is 8.52. The van der Waals surface area contributed by atoms with E-state index < -0.39 is 18.0 Å². The Morgan fingerprint density at radius 3 is 2.39 bits per heavy atom. The van der Waals surface area contributed by atoms with Gasteiger partial charge in [0, 0.05) is 6.42 Å². The van der Waals surface area contributed by atoms with Gasteiger partial charge in [-0.25, -0.2) is 4.79 Å². The third-order valence-corrected chi connectivity index (χ3v) is 2.40. The molecule has 5 nitrogen and oxygen atoms in total. The summed E-state index contributed by atoms with van der Waals surface area (Å²) in [6.45, 7) is 1.60. The van der Waals surface area contributed by atoms with Gasteiger partial charge in [-0.15, -0.1) is 0 Å². The van der Waals surface area contributed by atoms with Crippen LogP contribution >= 0.6 is 0 Å². The second kappa shape index (κ2) is 6.64. The van der Waals surface area contributed by atoms with Crippen molar-refractivity contribution >= 4 is 11.9 Å². The lowest BCUT2D eigenvalue weighted by Gasteiger charge is -2.12. The summed E-state index contributed by atoms with van der Waals surface area (Å²) in [4.78, 5) is 21.6. The highest BCUT2D eigenvalue weighted by atomic mass is 16.6. The van der Waals surface area contributed by atoms with E-state index in [1.165, 1.54) is 7.11 Å². The lowest BCUT2D eigenvalue weighted by atomic mass is 10.1. The van der Waals surface area contributed by atoms with Gasteiger partial charge in [0.1, 0.15) is 5.75 Å². The molecule has 98 valence electrons. The minimum absolute atomic E-state index is 0.0960. The first kappa shape index (κ1) is 14.0. The Kier molecular flexibility index (Phi) is 5.17. The molecule has 0 fully saturated rings. The molecule has 18 heavy (non-hydrogen) atoms. The van der Waals surface area contributed by atoms with Gasteiger partial charge in [-0.05, 0) is 31.0 Å². The van der Waals surface area contributed by atoms with Crippen LogP contribution in [0.25, 0.3) is 0 Å². The molecular formula is C13H16O5. The molecule has 1 aromatic carbocycles. The van der Waals surface area contributed by atoms with Crippen LogP contribution in [0.3, 0.4) is 0 Å². The molecule has 0 saturated heterocycles. The van der Waals surface area contributed by atoms with Crippen LogP contribution in [0.5, 0.6) is 5.75 Å². The van der Waals surface area contributed by atoms with E-state index in [2.05, 4.69) is 4.74 Å². The highest BCUT2D eigenvalue weighted by Gasteiger charge is 2.14. The number of aliphatic carboxylic acids is 1. The fourth-order valence-corrected chi connectivity index (χ4v) is 1.40. The predicted octanol–water partition coefficient (Wildman–Crippen LogP) is 1.64. The maximum absolute atomic E-state index is 11.1. The Hall–Kier alpha value is -2.04. The van der Waals surface area contributed by atoms with Crippen molar-refractivity contribution in [1.29, 1.82) is 0 Å². The summed E-state index contributed by atoms with van der Waals surface area (Å²) in [7, 11) is 1.30. The normalized spacial score (nSPS) is 11.7. The first-order valence-electron chi connectivity index (χ1n) is 5.58. The Bertz CT molecular complexity index is 410. The molecule has 0 aliphatic carbocycles. The molecule has 1 unspecified atom stereocenters. The molecule has 0 saturated carbocycles. The average Bonchev–Trinajstić information content (AvgIpc) is 2.36. The van der Waals surface area contributed by atoms with E-state index in [4.69, 9.17) is 9.84 Å². The lowest BCUT2D eigenvalue weighted by Crippen LogP contribution is -2.24. The molecule has 0 heterocycles. The molecule has 0 aliphatic rings. The molecule has 0 bridgehead atoms. The zero-order valence-corrected chi connectivity index (χ0v) is 10.4. The number of methoxy groups -OCH3 is 1. The van der Waals surface area contributed by atoms with Gasteiger partial charge in [0.2, 0.25) is 0 Å². The van der Waals surface area contributed by atoms with Crippen LogP contribution in [0, 0.1) is 0 Å². The van der Waals surface area contributed by atoms with Crippen LogP contribution in [-0.2, 0) is 20.7 Å². The molecule has 0 spiro atoms. The van der Waals surface area contributed by atoms with Crippen molar-refractivity contribution < 1.29 is 24.2 Å². The average molecular weight is 252 g/mol. The number of ether oxygens (including phenoxy) is 2. The van der Waals surface area contributed by atoms with Crippen LogP contribution in [0.2, 0.25) is 0 Å². The topological polar surface area (TPSA) is 72.8 Å². The molecule has 1 rings (SSSR count). The van der Waals surface area contributed by atoms with Crippen LogP contribution in [-0.4, -0.2) is 30.3 Å². The van der Waals surface area contributed by atoms with Crippen molar-refractivity contribution in [2.75, 3.05) is 7.11 Å². The van der Waals surface area contributed by atoms with Crippen molar-refractivity contribution in [2.45, 2.75) is 25.9 Å². The maximum Gasteiger partial charge on any atom is 0.346 e. The number of esters is 1. The van der Waals surface area contributed by atoms with Crippen molar-refractivity contribution in [2.24, 2.45) is 0 Å². The zero-order valence-electron chi connectivity index (χ0n) is 10.4. The van der Waals surface area contributed by atoms with E-state index in [1.807, 2.05) is 0 Å². The second-order valence-electron chi connectivity index (χ2n) is 3.82. The number of benzene rings is 1. The monoisotopic (exact) mass is 252 g/mol. The highest BCUT2D eigenvalue weighted by molar-refractivity contribution is 5.74.